The number of H-pyrrole nitrogens is 1. The predicted octanol–water partition coefficient (Wildman–Crippen LogP) is 4.67. The number of carbonyl (C=O) groups excluding carboxylic acids is 1. The highest BCUT2D eigenvalue weighted by atomic mass is 16.5. The lowest BCUT2D eigenvalue weighted by Gasteiger charge is -2.36. The smallest absolute Gasteiger partial charge is 0.225 e. The average Bonchev–Trinajstić information content (AvgIpc) is 3.18. The number of piperidine rings is 1. The number of aryl methyl sites for hydroxylation is 1. The van der Waals surface area contributed by atoms with Gasteiger partial charge in [-0.1, -0.05) is 11.6 Å². The first kappa shape index (κ1) is 19.3. The molecule has 2 fully saturated rings. The normalized spacial score (nSPS) is 20.6. The molecule has 2 aliphatic rings. The Labute approximate surface area is 177 Å². The summed E-state index contributed by atoms with van der Waals surface area (Å²) in [5.41, 5.74) is 6.12. The molecule has 5 heteroatoms. The van der Waals surface area contributed by atoms with Crippen molar-refractivity contribution in [3.05, 3.63) is 54.0 Å². The predicted molar refractivity (Wildman–Crippen MR) is 118 cm³/mol. The second-order valence-electron chi connectivity index (χ2n) is 8.71. The van der Waals surface area contributed by atoms with Gasteiger partial charge in [0.1, 0.15) is 0 Å². The van der Waals surface area contributed by atoms with Gasteiger partial charge in [-0.25, -0.2) is 0 Å². The van der Waals surface area contributed by atoms with Gasteiger partial charge >= 0.3 is 0 Å². The highest BCUT2D eigenvalue weighted by molar-refractivity contribution is 5.98. The van der Waals surface area contributed by atoms with Crippen molar-refractivity contribution in [1.29, 1.82) is 0 Å². The van der Waals surface area contributed by atoms with E-state index in [0.29, 0.717) is 25.0 Å². The first-order valence-corrected chi connectivity index (χ1v) is 11.1. The van der Waals surface area contributed by atoms with E-state index in [2.05, 4.69) is 52.1 Å². The lowest BCUT2D eigenvalue weighted by molar-refractivity contribution is -0.139. The van der Waals surface area contributed by atoms with E-state index in [0.717, 1.165) is 44.3 Å². The maximum atomic E-state index is 13.2. The quantitative estimate of drug-likeness (QED) is 0.691. The van der Waals surface area contributed by atoms with Crippen LogP contribution in [0.4, 0.5) is 0 Å². The van der Waals surface area contributed by atoms with Gasteiger partial charge in [0.25, 0.3) is 0 Å². The van der Waals surface area contributed by atoms with Crippen LogP contribution in [0.2, 0.25) is 0 Å². The Balaban J connectivity index is 1.50. The van der Waals surface area contributed by atoms with Crippen molar-refractivity contribution in [3.8, 4) is 11.1 Å². The van der Waals surface area contributed by atoms with Crippen LogP contribution in [0, 0.1) is 12.8 Å². The van der Waals surface area contributed by atoms with Crippen molar-refractivity contribution < 1.29 is 9.53 Å². The molecule has 0 aliphatic carbocycles. The Morgan fingerprint density at radius 2 is 1.93 bits per heavy atom. The van der Waals surface area contributed by atoms with Gasteiger partial charge in [-0.15, -0.1) is 0 Å². The number of ether oxygens (including phenoxy) is 1. The summed E-state index contributed by atoms with van der Waals surface area (Å²) in [6.45, 7) is 5.22. The molecule has 1 amide bonds. The zero-order chi connectivity index (χ0) is 20.5. The molecule has 156 valence electrons. The number of likely N-dealkylation sites (tertiary alicyclic amines) is 1. The second-order valence-corrected chi connectivity index (χ2v) is 8.71. The van der Waals surface area contributed by atoms with Crippen LogP contribution in [0.25, 0.3) is 22.0 Å². The topological polar surface area (TPSA) is 58.2 Å². The summed E-state index contributed by atoms with van der Waals surface area (Å²) in [6.07, 6.45) is 7.57. The minimum atomic E-state index is 0.127. The lowest BCUT2D eigenvalue weighted by atomic mass is 9.88. The number of amides is 1. The van der Waals surface area contributed by atoms with Crippen molar-refractivity contribution >= 4 is 16.8 Å². The van der Waals surface area contributed by atoms with Gasteiger partial charge in [-0.05, 0) is 62.4 Å². The molecule has 30 heavy (non-hydrogen) atoms. The van der Waals surface area contributed by atoms with Gasteiger partial charge in [-0.2, -0.15) is 0 Å². The molecule has 1 N–H and O–H groups in total. The number of pyridine rings is 1. The van der Waals surface area contributed by atoms with E-state index in [9.17, 15) is 4.79 Å². The molecular formula is C25H29N3O2. The number of rotatable bonds is 3. The summed E-state index contributed by atoms with van der Waals surface area (Å²) in [6, 6.07) is 10.8. The Bertz CT molecular complexity index is 1040. The third-order valence-electron chi connectivity index (χ3n) is 6.66. The van der Waals surface area contributed by atoms with Crippen molar-refractivity contribution in [2.75, 3.05) is 26.3 Å². The minimum absolute atomic E-state index is 0.127. The molecule has 5 rings (SSSR count). The molecule has 5 nitrogen and oxygen atoms in total. The highest BCUT2D eigenvalue weighted by Crippen LogP contribution is 2.39. The Morgan fingerprint density at radius 3 is 2.73 bits per heavy atom. The molecule has 1 aromatic carbocycles. The number of nitrogens with one attached hydrogen (secondary N) is 1. The number of aromatic nitrogens is 2. The molecule has 0 bridgehead atoms. The Morgan fingerprint density at radius 1 is 1.13 bits per heavy atom. The first-order valence-electron chi connectivity index (χ1n) is 11.1. The molecule has 0 spiro atoms. The SMILES string of the molecule is Cc1ccc2[nH]c(C3CCCN(C(=O)C4CCOCC4)C3)c(-c3ccncc3)c2c1. The van der Waals surface area contributed by atoms with Crippen LogP contribution in [0.3, 0.4) is 0 Å². The van der Waals surface area contributed by atoms with E-state index >= 15 is 0 Å². The van der Waals surface area contributed by atoms with Crippen LogP contribution in [0.5, 0.6) is 0 Å². The fraction of sp³-hybridized carbons (Fsp3) is 0.440. The number of hydrogen-bond acceptors (Lipinski definition) is 3. The molecule has 3 aromatic rings. The number of nitrogens with zero attached hydrogens (tertiary/aromatic N) is 2. The molecule has 1 unspecified atom stereocenters. The number of aromatic amines is 1. The second kappa shape index (κ2) is 8.23. The summed E-state index contributed by atoms with van der Waals surface area (Å²) in [4.78, 5) is 23.2. The molecule has 2 aromatic heterocycles. The Kier molecular flexibility index (Phi) is 5.30. The molecule has 2 saturated heterocycles. The largest absolute Gasteiger partial charge is 0.381 e. The molecular weight excluding hydrogens is 374 g/mol. The van der Waals surface area contributed by atoms with Crippen molar-refractivity contribution in [1.82, 2.24) is 14.9 Å². The molecule has 0 saturated carbocycles. The van der Waals surface area contributed by atoms with Crippen LogP contribution in [0.15, 0.2) is 42.7 Å². The van der Waals surface area contributed by atoms with Crippen LogP contribution < -0.4 is 0 Å². The number of hydrogen-bond donors (Lipinski definition) is 1. The van der Waals surface area contributed by atoms with Crippen molar-refractivity contribution in [2.24, 2.45) is 5.92 Å². The molecule has 0 radical (unpaired) electrons. The average molecular weight is 404 g/mol. The molecule has 1 atom stereocenters. The maximum absolute atomic E-state index is 13.2. The van der Waals surface area contributed by atoms with E-state index in [4.69, 9.17) is 4.74 Å². The third-order valence-corrected chi connectivity index (χ3v) is 6.66. The van der Waals surface area contributed by atoms with Crippen molar-refractivity contribution in [2.45, 2.75) is 38.5 Å². The number of fused-ring (bicyclic) bond motifs is 1. The van der Waals surface area contributed by atoms with Gasteiger partial charge in [0.15, 0.2) is 0 Å². The van der Waals surface area contributed by atoms with Crippen LogP contribution in [0.1, 0.15) is 42.9 Å². The van der Waals surface area contributed by atoms with Gasteiger partial charge in [0.05, 0.1) is 0 Å². The first-order chi connectivity index (χ1) is 14.7. The van der Waals surface area contributed by atoms with Crippen molar-refractivity contribution in [3.63, 3.8) is 0 Å². The zero-order valence-corrected chi connectivity index (χ0v) is 17.6. The van der Waals surface area contributed by atoms with E-state index < -0.39 is 0 Å². The summed E-state index contributed by atoms with van der Waals surface area (Å²) in [7, 11) is 0. The summed E-state index contributed by atoms with van der Waals surface area (Å²) in [5.74, 6) is 0.765. The monoisotopic (exact) mass is 403 g/mol. The fourth-order valence-electron chi connectivity index (χ4n) is 5.08. The van der Waals surface area contributed by atoms with Crippen LogP contribution >= 0.6 is 0 Å². The number of carbonyl (C=O) groups is 1. The number of benzene rings is 1. The maximum Gasteiger partial charge on any atom is 0.225 e. The van der Waals surface area contributed by atoms with Gasteiger partial charge in [0.2, 0.25) is 5.91 Å². The zero-order valence-electron chi connectivity index (χ0n) is 17.6. The van der Waals surface area contributed by atoms with Gasteiger partial charge in [0, 0.05) is 72.7 Å². The highest BCUT2D eigenvalue weighted by Gasteiger charge is 2.32. The standard InChI is InChI=1S/C25H29N3O2/c1-17-4-5-22-21(15-17)23(18-6-10-26-11-7-18)24(27-22)20-3-2-12-28(16-20)25(29)19-8-13-30-14-9-19/h4-7,10-11,15,19-20,27H,2-3,8-9,12-14,16H2,1H3. The van der Waals surface area contributed by atoms with Crippen LogP contribution in [-0.4, -0.2) is 47.1 Å². The third kappa shape index (κ3) is 3.63. The van der Waals surface area contributed by atoms with E-state index in [1.54, 1.807) is 0 Å². The summed E-state index contributed by atoms with van der Waals surface area (Å²) >= 11 is 0. The summed E-state index contributed by atoms with van der Waals surface area (Å²) in [5, 5.41) is 1.25. The molecule has 4 heterocycles. The van der Waals surface area contributed by atoms with Crippen LogP contribution in [-0.2, 0) is 9.53 Å². The summed E-state index contributed by atoms with van der Waals surface area (Å²) < 4.78 is 5.45. The van der Waals surface area contributed by atoms with E-state index in [1.165, 1.54) is 27.8 Å². The fourth-order valence-corrected chi connectivity index (χ4v) is 5.08. The Hall–Kier alpha value is -2.66. The van der Waals surface area contributed by atoms with Gasteiger partial charge in [-0.3, -0.25) is 9.78 Å². The lowest BCUT2D eigenvalue weighted by Crippen LogP contribution is -2.43. The molecule has 2 aliphatic heterocycles. The van der Waals surface area contributed by atoms with Gasteiger partial charge < -0.3 is 14.6 Å². The van der Waals surface area contributed by atoms with E-state index in [1.807, 2.05) is 12.4 Å². The van der Waals surface area contributed by atoms with E-state index in [-0.39, 0.29) is 5.92 Å². The minimum Gasteiger partial charge on any atom is -0.381 e.